The lowest BCUT2D eigenvalue weighted by Gasteiger charge is -2.21. The molecule has 2 aromatic carbocycles. The third-order valence-corrected chi connectivity index (χ3v) is 4.70. The number of likely N-dealkylation sites (tertiary alicyclic amines) is 1. The van der Waals surface area contributed by atoms with Crippen LogP contribution in [0.5, 0.6) is 5.75 Å². The number of hydrogen-bond donors (Lipinski definition) is 0. The van der Waals surface area contributed by atoms with Gasteiger partial charge in [0.25, 0.3) is 0 Å². The summed E-state index contributed by atoms with van der Waals surface area (Å²) in [5, 5.41) is 0.724. The number of para-hydroxylation sites is 1. The molecule has 0 unspecified atom stereocenters. The van der Waals surface area contributed by atoms with Crippen molar-refractivity contribution in [2.75, 3.05) is 13.1 Å². The normalized spacial score (nSPS) is 14.1. The van der Waals surface area contributed by atoms with Crippen molar-refractivity contribution in [2.45, 2.75) is 19.4 Å². The van der Waals surface area contributed by atoms with Gasteiger partial charge in [0.2, 0.25) is 0 Å². The lowest BCUT2D eigenvalue weighted by Crippen LogP contribution is -2.27. The van der Waals surface area contributed by atoms with Crippen molar-refractivity contribution in [3.8, 4) is 5.75 Å². The molecular formula is C18H18ClNOS. The van der Waals surface area contributed by atoms with Crippen LogP contribution in [-0.2, 0) is 6.61 Å². The smallest absolute Gasteiger partial charge is 0.130 e. The van der Waals surface area contributed by atoms with Crippen LogP contribution >= 0.6 is 23.8 Å². The lowest BCUT2D eigenvalue weighted by atomic mass is 10.2. The summed E-state index contributed by atoms with van der Waals surface area (Å²) in [6.45, 7) is 2.52. The molecule has 0 N–H and O–H groups in total. The van der Waals surface area contributed by atoms with E-state index >= 15 is 0 Å². The molecule has 3 rings (SSSR count). The summed E-state index contributed by atoms with van der Waals surface area (Å²) in [6.07, 6.45) is 2.42. The molecule has 2 aromatic rings. The van der Waals surface area contributed by atoms with Gasteiger partial charge in [-0.05, 0) is 31.0 Å². The van der Waals surface area contributed by atoms with E-state index in [1.165, 1.54) is 12.8 Å². The molecule has 0 aromatic heterocycles. The minimum absolute atomic E-state index is 0.444. The van der Waals surface area contributed by atoms with Crippen molar-refractivity contribution in [2.24, 2.45) is 0 Å². The Morgan fingerprint density at radius 3 is 2.50 bits per heavy atom. The first-order valence-electron chi connectivity index (χ1n) is 7.50. The first-order valence-corrected chi connectivity index (χ1v) is 8.29. The Morgan fingerprint density at radius 2 is 1.73 bits per heavy atom. The predicted molar refractivity (Wildman–Crippen MR) is 94.7 cm³/mol. The summed E-state index contributed by atoms with van der Waals surface area (Å²) >= 11 is 11.8. The Hall–Kier alpha value is -1.58. The molecule has 22 heavy (non-hydrogen) atoms. The van der Waals surface area contributed by atoms with Crippen molar-refractivity contribution in [1.82, 2.24) is 4.90 Å². The topological polar surface area (TPSA) is 12.5 Å². The van der Waals surface area contributed by atoms with Gasteiger partial charge in [0.1, 0.15) is 17.3 Å². The Bertz CT molecular complexity index is 668. The van der Waals surface area contributed by atoms with Crippen LogP contribution in [0, 0.1) is 0 Å². The van der Waals surface area contributed by atoms with Gasteiger partial charge in [-0.25, -0.2) is 0 Å². The van der Waals surface area contributed by atoms with Gasteiger partial charge in [-0.3, -0.25) is 0 Å². The number of thiocarbonyl (C=S) groups is 1. The Labute approximate surface area is 141 Å². The number of nitrogens with zero attached hydrogens (tertiary/aromatic N) is 1. The van der Waals surface area contributed by atoms with E-state index in [1.807, 2.05) is 48.5 Å². The molecule has 1 saturated heterocycles. The van der Waals surface area contributed by atoms with Crippen LogP contribution in [0.25, 0.3) is 0 Å². The Morgan fingerprint density at radius 1 is 1.05 bits per heavy atom. The van der Waals surface area contributed by atoms with Crippen LogP contribution in [-0.4, -0.2) is 23.0 Å². The third-order valence-electron chi connectivity index (χ3n) is 3.85. The Balaban J connectivity index is 1.76. The molecule has 114 valence electrons. The summed E-state index contributed by atoms with van der Waals surface area (Å²) in [6, 6.07) is 15.7. The quantitative estimate of drug-likeness (QED) is 0.754. The molecule has 4 heteroatoms. The van der Waals surface area contributed by atoms with Crippen LogP contribution < -0.4 is 4.74 Å². The minimum Gasteiger partial charge on any atom is -0.488 e. The first kappa shape index (κ1) is 15.3. The lowest BCUT2D eigenvalue weighted by molar-refractivity contribution is 0.305. The second-order valence-electron chi connectivity index (χ2n) is 5.38. The molecule has 1 heterocycles. The van der Waals surface area contributed by atoms with Crippen molar-refractivity contribution < 1.29 is 4.74 Å². The van der Waals surface area contributed by atoms with Gasteiger partial charge >= 0.3 is 0 Å². The molecule has 0 atom stereocenters. The zero-order chi connectivity index (χ0) is 15.4. The van der Waals surface area contributed by atoms with E-state index in [0.29, 0.717) is 6.61 Å². The van der Waals surface area contributed by atoms with Crippen molar-refractivity contribution >= 4 is 28.8 Å². The molecule has 1 fully saturated rings. The molecule has 1 aliphatic heterocycles. The highest BCUT2D eigenvalue weighted by Gasteiger charge is 2.19. The fraction of sp³-hybridized carbons (Fsp3) is 0.278. The van der Waals surface area contributed by atoms with E-state index in [2.05, 4.69) is 4.90 Å². The fourth-order valence-electron chi connectivity index (χ4n) is 2.63. The average Bonchev–Trinajstić information content (AvgIpc) is 3.08. The SMILES string of the molecule is S=C(c1ccccc1OCc1ccccc1Cl)N1CCCC1. The maximum atomic E-state index is 6.18. The van der Waals surface area contributed by atoms with Crippen LogP contribution in [0.15, 0.2) is 48.5 Å². The summed E-state index contributed by atoms with van der Waals surface area (Å²) in [5.74, 6) is 0.819. The van der Waals surface area contributed by atoms with Crippen LogP contribution in [0.4, 0.5) is 0 Å². The van der Waals surface area contributed by atoms with Gasteiger partial charge in [0, 0.05) is 23.7 Å². The standard InChI is InChI=1S/C18H18ClNOS/c19-16-9-3-1-7-14(16)13-21-17-10-4-2-8-15(17)18(22)20-11-5-6-12-20/h1-4,7-10H,5-6,11-13H2. The van der Waals surface area contributed by atoms with Crippen LogP contribution in [0.1, 0.15) is 24.0 Å². The van der Waals surface area contributed by atoms with Gasteiger partial charge in [0.15, 0.2) is 0 Å². The second-order valence-corrected chi connectivity index (χ2v) is 6.17. The van der Waals surface area contributed by atoms with Gasteiger partial charge in [-0.1, -0.05) is 54.2 Å². The highest BCUT2D eigenvalue weighted by Crippen LogP contribution is 2.25. The molecule has 1 aliphatic rings. The van der Waals surface area contributed by atoms with Crippen molar-refractivity contribution in [1.29, 1.82) is 0 Å². The van der Waals surface area contributed by atoms with E-state index in [1.54, 1.807) is 0 Å². The van der Waals surface area contributed by atoms with Crippen molar-refractivity contribution in [3.05, 3.63) is 64.7 Å². The zero-order valence-electron chi connectivity index (χ0n) is 12.3. The van der Waals surface area contributed by atoms with Crippen molar-refractivity contribution in [3.63, 3.8) is 0 Å². The van der Waals surface area contributed by atoms with E-state index in [0.717, 1.165) is 40.0 Å². The van der Waals surface area contributed by atoms with Gasteiger partial charge in [-0.2, -0.15) is 0 Å². The third kappa shape index (κ3) is 3.42. The summed E-state index contributed by atoms with van der Waals surface area (Å²) in [4.78, 5) is 3.14. The van der Waals surface area contributed by atoms with Crippen LogP contribution in [0.3, 0.4) is 0 Å². The maximum Gasteiger partial charge on any atom is 0.130 e. The molecular weight excluding hydrogens is 314 g/mol. The summed E-state index contributed by atoms with van der Waals surface area (Å²) in [7, 11) is 0. The van der Waals surface area contributed by atoms with E-state index < -0.39 is 0 Å². The van der Waals surface area contributed by atoms with Gasteiger partial charge < -0.3 is 9.64 Å². The molecule has 0 bridgehead atoms. The average molecular weight is 332 g/mol. The van der Waals surface area contributed by atoms with E-state index in [9.17, 15) is 0 Å². The largest absolute Gasteiger partial charge is 0.488 e. The minimum atomic E-state index is 0.444. The molecule has 0 amide bonds. The second kappa shape index (κ2) is 7.12. The van der Waals surface area contributed by atoms with Crippen LogP contribution in [0.2, 0.25) is 5.02 Å². The predicted octanol–water partition coefficient (Wildman–Crippen LogP) is 4.69. The molecule has 0 saturated carbocycles. The number of hydrogen-bond acceptors (Lipinski definition) is 2. The maximum absolute atomic E-state index is 6.18. The van der Waals surface area contributed by atoms with E-state index in [-0.39, 0.29) is 0 Å². The summed E-state index contributed by atoms with van der Waals surface area (Å²) < 4.78 is 5.99. The highest BCUT2D eigenvalue weighted by molar-refractivity contribution is 7.80. The highest BCUT2D eigenvalue weighted by atomic mass is 35.5. The van der Waals surface area contributed by atoms with Gasteiger partial charge in [0.05, 0.1) is 5.56 Å². The van der Waals surface area contributed by atoms with Gasteiger partial charge in [-0.15, -0.1) is 0 Å². The first-order chi connectivity index (χ1) is 10.8. The fourth-order valence-corrected chi connectivity index (χ4v) is 3.17. The monoisotopic (exact) mass is 331 g/mol. The summed E-state index contributed by atoms with van der Waals surface area (Å²) in [5.41, 5.74) is 1.97. The van der Waals surface area contributed by atoms with E-state index in [4.69, 9.17) is 28.6 Å². The molecule has 0 radical (unpaired) electrons. The number of ether oxygens (including phenoxy) is 1. The number of halogens is 1. The number of benzene rings is 2. The number of rotatable bonds is 4. The molecule has 0 spiro atoms. The molecule has 2 nitrogen and oxygen atoms in total. The zero-order valence-corrected chi connectivity index (χ0v) is 13.9. The Kier molecular flexibility index (Phi) is 4.96. The molecule has 0 aliphatic carbocycles.